The third-order valence-electron chi connectivity index (χ3n) is 5.33. The number of carbonyl (C=O) groups excluding carboxylic acids is 1. The highest BCUT2D eigenvalue weighted by Gasteiger charge is 2.25. The van der Waals surface area contributed by atoms with Crippen molar-refractivity contribution < 1.29 is 9.53 Å². The third kappa shape index (κ3) is 4.33. The second-order valence-corrected chi connectivity index (χ2v) is 7.41. The van der Waals surface area contributed by atoms with Crippen LogP contribution in [-0.4, -0.2) is 42.2 Å². The Kier molecular flexibility index (Phi) is 6.05. The average molecular weight is 402 g/mol. The van der Waals surface area contributed by atoms with Gasteiger partial charge in [-0.25, -0.2) is 9.97 Å². The molecule has 1 amide bonds. The fourth-order valence-corrected chi connectivity index (χ4v) is 3.77. The molecule has 1 aromatic heterocycles. The lowest BCUT2D eigenvalue weighted by atomic mass is 9.90. The Morgan fingerprint density at radius 1 is 0.900 bits per heavy atom. The summed E-state index contributed by atoms with van der Waals surface area (Å²) in [4.78, 5) is 24.8. The van der Waals surface area contributed by atoms with Crippen LogP contribution in [0.4, 0.5) is 11.6 Å². The molecule has 154 valence electrons. The Balaban J connectivity index is 1.62. The van der Waals surface area contributed by atoms with Gasteiger partial charge in [0.05, 0.1) is 36.2 Å². The van der Waals surface area contributed by atoms with Gasteiger partial charge in [0.25, 0.3) is 0 Å². The smallest absolute Gasteiger partial charge is 0.236 e. The summed E-state index contributed by atoms with van der Waals surface area (Å²) < 4.78 is 5.41. The van der Waals surface area contributed by atoms with Crippen LogP contribution < -0.4 is 10.2 Å². The largest absolute Gasteiger partial charge is 0.378 e. The molecule has 1 aliphatic heterocycles. The molecule has 2 heterocycles. The average Bonchev–Trinajstić information content (AvgIpc) is 2.78. The molecule has 0 radical (unpaired) electrons. The molecule has 30 heavy (non-hydrogen) atoms. The van der Waals surface area contributed by atoms with Gasteiger partial charge in [0.1, 0.15) is 0 Å². The standard InChI is InChI=1S/C24H26N4O2/c1-17-22(18(2)26-24(25-17)28-13-15-30-16-14-28)27-23(29)21(19-9-5-3-6-10-19)20-11-7-4-8-12-20/h3-12,21H,13-16H2,1-2H3,(H,27,29). The van der Waals surface area contributed by atoms with Gasteiger partial charge in [-0.1, -0.05) is 60.7 Å². The first-order chi connectivity index (χ1) is 14.6. The molecule has 1 N–H and O–H groups in total. The summed E-state index contributed by atoms with van der Waals surface area (Å²) in [5.74, 6) is 0.181. The topological polar surface area (TPSA) is 67.3 Å². The summed E-state index contributed by atoms with van der Waals surface area (Å²) in [6.07, 6.45) is 0. The fraction of sp³-hybridized carbons (Fsp3) is 0.292. The Morgan fingerprint density at radius 2 is 1.40 bits per heavy atom. The van der Waals surface area contributed by atoms with E-state index >= 15 is 0 Å². The maximum Gasteiger partial charge on any atom is 0.236 e. The molecule has 0 aliphatic carbocycles. The quantitative estimate of drug-likeness (QED) is 0.705. The maximum atomic E-state index is 13.4. The zero-order valence-electron chi connectivity index (χ0n) is 17.3. The summed E-state index contributed by atoms with van der Waals surface area (Å²) >= 11 is 0. The highest BCUT2D eigenvalue weighted by molar-refractivity contribution is 5.99. The summed E-state index contributed by atoms with van der Waals surface area (Å²) in [5.41, 5.74) is 4.09. The molecule has 1 fully saturated rings. The van der Waals surface area contributed by atoms with E-state index in [9.17, 15) is 4.79 Å². The zero-order valence-corrected chi connectivity index (χ0v) is 17.3. The number of aryl methyl sites for hydroxylation is 2. The molecule has 1 aliphatic rings. The van der Waals surface area contributed by atoms with Crippen molar-refractivity contribution in [2.24, 2.45) is 0 Å². The van der Waals surface area contributed by atoms with Crippen LogP contribution in [0.1, 0.15) is 28.4 Å². The number of nitrogens with zero attached hydrogens (tertiary/aromatic N) is 3. The van der Waals surface area contributed by atoms with E-state index in [0.29, 0.717) is 24.8 Å². The number of anilines is 2. The van der Waals surface area contributed by atoms with Gasteiger partial charge in [0.2, 0.25) is 11.9 Å². The molecule has 0 atom stereocenters. The number of morpholine rings is 1. The molecule has 2 aromatic carbocycles. The van der Waals surface area contributed by atoms with Crippen LogP contribution in [0.25, 0.3) is 0 Å². The van der Waals surface area contributed by atoms with Crippen LogP contribution in [0, 0.1) is 13.8 Å². The van der Waals surface area contributed by atoms with Crippen molar-refractivity contribution in [2.45, 2.75) is 19.8 Å². The van der Waals surface area contributed by atoms with E-state index in [2.05, 4.69) is 20.2 Å². The van der Waals surface area contributed by atoms with Crippen LogP contribution in [0.15, 0.2) is 60.7 Å². The van der Waals surface area contributed by atoms with Gasteiger partial charge in [-0.3, -0.25) is 4.79 Å². The van der Waals surface area contributed by atoms with Crippen LogP contribution in [0.5, 0.6) is 0 Å². The first-order valence-corrected chi connectivity index (χ1v) is 10.2. The Bertz CT molecular complexity index is 940. The number of nitrogens with one attached hydrogen (secondary N) is 1. The highest BCUT2D eigenvalue weighted by atomic mass is 16.5. The van der Waals surface area contributed by atoms with Crippen molar-refractivity contribution in [3.8, 4) is 0 Å². The van der Waals surface area contributed by atoms with E-state index in [4.69, 9.17) is 4.74 Å². The van der Waals surface area contributed by atoms with Gasteiger partial charge in [0.15, 0.2) is 0 Å². The summed E-state index contributed by atoms with van der Waals surface area (Å²) in [5, 5.41) is 3.10. The number of amides is 1. The van der Waals surface area contributed by atoms with Crippen molar-refractivity contribution in [1.29, 1.82) is 0 Å². The van der Waals surface area contributed by atoms with Crippen molar-refractivity contribution >= 4 is 17.5 Å². The van der Waals surface area contributed by atoms with E-state index in [-0.39, 0.29) is 5.91 Å². The molecular weight excluding hydrogens is 376 g/mol. The minimum atomic E-state index is -0.412. The number of hydrogen-bond donors (Lipinski definition) is 1. The molecule has 4 rings (SSSR count). The zero-order chi connectivity index (χ0) is 20.9. The van der Waals surface area contributed by atoms with Gasteiger partial charge >= 0.3 is 0 Å². The van der Waals surface area contributed by atoms with Crippen LogP contribution in [-0.2, 0) is 9.53 Å². The first-order valence-electron chi connectivity index (χ1n) is 10.2. The molecule has 0 unspecified atom stereocenters. The normalized spacial score (nSPS) is 14.0. The van der Waals surface area contributed by atoms with E-state index in [1.807, 2.05) is 74.5 Å². The van der Waals surface area contributed by atoms with Gasteiger partial charge < -0.3 is 15.0 Å². The number of carbonyl (C=O) groups is 1. The molecule has 3 aromatic rings. The minimum absolute atomic E-state index is 0.0960. The van der Waals surface area contributed by atoms with Gasteiger partial charge in [-0.05, 0) is 25.0 Å². The highest BCUT2D eigenvalue weighted by Crippen LogP contribution is 2.28. The van der Waals surface area contributed by atoms with Crippen molar-refractivity contribution in [3.05, 3.63) is 83.2 Å². The van der Waals surface area contributed by atoms with Crippen molar-refractivity contribution in [1.82, 2.24) is 9.97 Å². The molecule has 1 saturated heterocycles. The van der Waals surface area contributed by atoms with E-state index in [1.54, 1.807) is 0 Å². The monoisotopic (exact) mass is 402 g/mol. The third-order valence-corrected chi connectivity index (χ3v) is 5.33. The van der Waals surface area contributed by atoms with E-state index in [1.165, 1.54) is 0 Å². The maximum absolute atomic E-state index is 13.4. The number of hydrogen-bond acceptors (Lipinski definition) is 5. The molecule has 6 heteroatoms. The first kappa shape index (κ1) is 20.0. The fourth-order valence-electron chi connectivity index (χ4n) is 3.77. The number of aromatic nitrogens is 2. The number of ether oxygens (including phenoxy) is 1. The van der Waals surface area contributed by atoms with E-state index < -0.39 is 5.92 Å². The lowest BCUT2D eigenvalue weighted by Crippen LogP contribution is -2.37. The van der Waals surface area contributed by atoms with Crippen LogP contribution in [0.2, 0.25) is 0 Å². The summed E-state index contributed by atoms with van der Waals surface area (Å²) in [6.45, 7) is 6.72. The Hall–Kier alpha value is -3.25. The van der Waals surface area contributed by atoms with Crippen LogP contribution in [0.3, 0.4) is 0 Å². The lowest BCUT2D eigenvalue weighted by molar-refractivity contribution is -0.116. The number of rotatable bonds is 5. The molecule has 0 bridgehead atoms. The second-order valence-electron chi connectivity index (χ2n) is 7.41. The second kappa shape index (κ2) is 9.05. The van der Waals surface area contributed by atoms with E-state index in [0.717, 1.165) is 35.6 Å². The predicted molar refractivity (Wildman–Crippen MR) is 118 cm³/mol. The summed E-state index contributed by atoms with van der Waals surface area (Å²) in [7, 11) is 0. The SMILES string of the molecule is Cc1nc(N2CCOCC2)nc(C)c1NC(=O)C(c1ccccc1)c1ccccc1. The predicted octanol–water partition coefficient (Wildman–Crippen LogP) is 3.70. The molecule has 0 saturated carbocycles. The summed E-state index contributed by atoms with van der Waals surface area (Å²) in [6, 6.07) is 19.6. The van der Waals surface area contributed by atoms with Gasteiger partial charge in [-0.2, -0.15) is 0 Å². The van der Waals surface area contributed by atoms with Crippen LogP contribution >= 0.6 is 0 Å². The Labute approximate surface area is 176 Å². The van der Waals surface area contributed by atoms with Gasteiger partial charge in [0, 0.05) is 13.1 Å². The molecule has 0 spiro atoms. The number of benzene rings is 2. The van der Waals surface area contributed by atoms with Gasteiger partial charge in [-0.15, -0.1) is 0 Å². The lowest BCUT2D eigenvalue weighted by Gasteiger charge is -2.27. The molecular formula is C24H26N4O2. The molecule has 6 nitrogen and oxygen atoms in total. The Morgan fingerprint density at radius 3 is 1.90 bits per heavy atom. The van der Waals surface area contributed by atoms with Crippen molar-refractivity contribution in [3.63, 3.8) is 0 Å². The van der Waals surface area contributed by atoms with Crippen molar-refractivity contribution in [2.75, 3.05) is 36.5 Å². The minimum Gasteiger partial charge on any atom is -0.378 e.